The van der Waals surface area contributed by atoms with Gasteiger partial charge in [0, 0.05) is 6.42 Å². The predicted octanol–water partition coefficient (Wildman–Crippen LogP) is 2.77. The van der Waals surface area contributed by atoms with E-state index in [9.17, 15) is 9.59 Å². The zero-order chi connectivity index (χ0) is 32.3. The van der Waals surface area contributed by atoms with Crippen LogP contribution in [0.2, 0.25) is 0 Å². The van der Waals surface area contributed by atoms with Crippen molar-refractivity contribution in [3.63, 3.8) is 0 Å². The Bertz CT molecular complexity index is 1240. The monoisotopic (exact) mass is 666 g/mol. The maximum absolute atomic E-state index is 12.4. The van der Waals surface area contributed by atoms with Gasteiger partial charge < -0.3 is 36.9 Å². The molecule has 0 saturated carbocycles. The van der Waals surface area contributed by atoms with Crippen molar-refractivity contribution in [2.24, 2.45) is 33.1 Å². The van der Waals surface area contributed by atoms with Crippen LogP contribution in [0.4, 0.5) is 0 Å². The quantitative estimate of drug-likeness (QED) is 0.0612. The van der Waals surface area contributed by atoms with Crippen LogP contribution in [0.15, 0.2) is 57.7 Å². The van der Waals surface area contributed by atoms with Gasteiger partial charge in [-0.25, -0.2) is 0 Å². The number of thioether (sulfide) groups is 3. The maximum atomic E-state index is 12.4. The Kier molecular flexibility index (Phi) is 17.8. The molecule has 0 aliphatic heterocycles. The average Bonchev–Trinajstić information content (AvgIpc) is 2.96. The highest BCUT2D eigenvalue weighted by Crippen LogP contribution is 2.27. The van der Waals surface area contributed by atoms with Gasteiger partial charge in [-0.3, -0.25) is 15.0 Å². The number of carbonyl (C=O) groups is 2. The van der Waals surface area contributed by atoms with Crippen LogP contribution in [0.1, 0.15) is 38.2 Å². The zero-order valence-electron chi connectivity index (χ0n) is 24.8. The van der Waals surface area contributed by atoms with E-state index in [1.807, 2.05) is 19.1 Å². The Morgan fingerprint density at radius 1 is 1.07 bits per heavy atom. The molecule has 12 nitrogen and oxygen atoms in total. The summed E-state index contributed by atoms with van der Waals surface area (Å²) in [6.45, 7) is 2.20. The Morgan fingerprint density at radius 3 is 2.52 bits per heavy atom. The van der Waals surface area contributed by atoms with Gasteiger partial charge in [-0.1, -0.05) is 36.4 Å². The number of nitrogens with zero attached hydrogens (tertiary/aromatic N) is 2. The number of hydrogen-bond donors (Lipinski definition) is 6. The molecule has 0 fully saturated rings. The van der Waals surface area contributed by atoms with Gasteiger partial charge in [-0.05, 0) is 71.9 Å². The summed E-state index contributed by atoms with van der Waals surface area (Å²) in [6, 6.07) is 7.01. The lowest BCUT2D eigenvalue weighted by Crippen LogP contribution is -2.23. The second kappa shape index (κ2) is 21.0. The zero-order valence-corrected chi connectivity index (χ0v) is 27.2. The number of rotatable bonds is 17. The molecule has 2 atom stereocenters. The SMILES string of the molecule is CC1CC=C(OCCO)C=C1CC(=O)N=C(N)SC(=N)CCSCCC(N)SC(N)=NC(=O)Cc1cccc(OCCO)c1. The van der Waals surface area contributed by atoms with Crippen LogP contribution >= 0.6 is 35.3 Å². The van der Waals surface area contributed by atoms with Crippen molar-refractivity contribution in [3.05, 3.63) is 53.3 Å². The molecule has 1 aliphatic carbocycles. The molecular formula is C29H42N6O6S3. The summed E-state index contributed by atoms with van der Waals surface area (Å²) in [5, 5.41) is 26.1. The van der Waals surface area contributed by atoms with Crippen molar-refractivity contribution in [2.45, 2.75) is 44.4 Å². The van der Waals surface area contributed by atoms with E-state index in [-0.39, 0.29) is 66.8 Å². The molecule has 1 aromatic carbocycles. The molecule has 1 aliphatic rings. The first-order valence-corrected chi connectivity index (χ1v) is 16.9. The molecule has 0 saturated heterocycles. The van der Waals surface area contributed by atoms with Gasteiger partial charge in [-0.15, -0.1) is 0 Å². The lowest BCUT2D eigenvalue weighted by atomic mass is 9.90. The minimum absolute atomic E-state index is 0.0341. The van der Waals surface area contributed by atoms with Crippen LogP contribution in [0.3, 0.4) is 0 Å². The highest BCUT2D eigenvalue weighted by Gasteiger charge is 2.18. The fraction of sp³-hybridized carbons (Fsp3) is 0.483. The lowest BCUT2D eigenvalue weighted by molar-refractivity contribution is -0.118. The Morgan fingerprint density at radius 2 is 1.77 bits per heavy atom. The number of amidine groups is 2. The molecule has 0 bridgehead atoms. The first-order chi connectivity index (χ1) is 21.1. The van der Waals surface area contributed by atoms with Crippen molar-refractivity contribution in [1.82, 2.24) is 0 Å². The van der Waals surface area contributed by atoms with Gasteiger partial charge in [0.15, 0.2) is 10.3 Å². The standard InChI is InChI=1S/C29H42N6O6S3/c1-19-5-6-23(41-12-10-37)17-21(19)18-27(39)35-29(33)44-25(31)8-14-42-13-7-24(30)43-28(32)34-26(38)16-20-3-2-4-22(15-20)40-11-9-36/h2-4,6,15,17,19,24,31,36-37H,5,7-14,16,18,30H2,1H3,(H2,32,34,38)(H2,33,35,39). The fourth-order valence-corrected chi connectivity index (χ4v) is 6.36. The molecule has 0 heterocycles. The predicted molar refractivity (Wildman–Crippen MR) is 181 cm³/mol. The van der Waals surface area contributed by atoms with Gasteiger partial charge in [-0.2, -0.15) is 21.7 Å². The molecular weight excluding hydrogens is 625 g/mol. The summed E-state index contributed by atoms with van der Waals surface area (Å²) in [6.07, 6.45) is 5.74. The second-order valence-corrected chi connectivity index (χ2v) is 13.2. The van der Waals surface area contributed by atoms with E-state index in [4.69, 9.17) is 42.3 Å². The molecule has 2 rings (SSSR count). The molecule has 2 unspecified atom stereocenters. The second-order valence-electron chi connectivity index (χ2n) is 9.63. The molecule has 0 spiro atoms. The molecule has 0 aromatic heterocycles. The summed E-state index contributed by atoms with van der Waals surface area (Å²) < 4.78 is 10.8. The summed E-state index contributed by atoms with van der Waals surface area (Å²) in [7, 11) is 0. The first kappa shape index (κ1) is 37.4. The van der Waals surface area contributed by atoms with Gasteiger partial charge in [0.05, 0.1) is 36.5 Å². The van der Waals surface area contributed by atoms with E-state index in [0.29, 0.717) is 35.1 Å². The third kappa shape index (κ3) is 15.8. The number of ether oxygens (including phenoxy) is 2. The number of aliphatic imine (C=N–C) groups is 2. The minimum atomic E-state index is -0.396. The number of aliphatic hydroxyl groups is 2. The van der Waals surface area contributed by atoms with Gasteiger partial charge in [0.25, 0.3) is 11.8 Å². The number of allylic oxidation sites excluding steroid dienone is 2. The topological polar surface area (TPSA) is 220 Å². The number of nitrogens with two attached hydrogens (primary N) is 3. The van der Waals surface area contributed by atoms with E-state index < -0.39 is 5.91 Å². The minimum Gasteiger partial charge on any atom is -0.492 e. The molecule has 1 aromatic rings. The van der Waals surface area contributed by atoms with E-state index in [0.717, 1.165) is 46.8 Å². The number of amides is 2. The van der Waals surface area contributed by atoms with Gasteiger partial charge in [0.2, 0.25) is 0 Å². The summed E-state index contributed by atoms with van der Waals surface area (Å²) in [5.74, 6) is 1.98. The lowest BCUT2D eigenvalue weighted by Gasteiger charge is -2.19. The molecule has 44 heavy (non-hydrogen) atoms. The largest absolute Gasteiger partial charge is 0.492 e. The number of nitrogens with one attached hydrogen (secondary N) is 1. The van der Waals surface area contributed by atoms with Crippen molar-refractivity contribution < 1.29 is 29.3 Å². The highest BCUT2D eigenvalue weighted by atomic mass is 32.2. The maximum Gasteiger partial charge on any atom is 0.252 e. The van der Waals surface area contributed by atoms with Crippen molar-refractivity contribution in [2.75, 3.05) is 37.9 Å². The van der Waals surface area contributed by atoms with Gasteiger partial charge in [0.1, 0.15) is 24.7 Å². The third-order valence-electron chi connectivity index (χ3n) is 5.95. The molecule has 0 radical (unpaired) electrons. The van der Waals surface area contributed by atoms with Crippen LogP contribution in [0.5, 0.6) is 5.75 Å². The normalized spacial score (nSPS) is 16.1. The number of aliphatic hydroxyl groups excluding tert-OH is 2. The van der Waals surface area contributed by atoms with Crippen molar-refractivity contribution in [3.8, 4) is 5.75 Å². The number of carbonyl (C=O) groups excluding carboxylic acids is 2. The van der Waals surface area contributed by atoms with Crippen LogP contribution in [-0.2, 0) is 20.7 Å². The fourth-order valence-electron chi connectivity index (χ4n) is 3.81. The van der Waals surface area contributed by atoms with Crippen LogP contribution in [0, 0.1) is 11.3 Å². The summed E-state index contributed by atoms with van der Waals surface area (Å²) in [4.78, 5) is 32.6. The van der Waals surface area contributed by atoms with E-state index >= 15 is 0 Å². The van der Waals surface area contributed by atoms with E-state index in [1.165, 1.54) is 0 Å². The van der Waals surface area contributed by atoms with Crippen LogP contribution in [0.25, 0.3) is 0 Å². The summed E-state index contributed by atoms with van der Waals surface area (Å²) in [5.41, 5.74) is 19.6. The van der Waals surface area contributed by atoms with E-state index in [1.54, 1.807) is 36.0 Å². The summed E-state index contributed by atoms with van der Waals surface area (Å²) >= 11 is 3.72. The van der Waals surface area contributed by atoms with E-state index in [2.05, 4.69) is 9.98 Å². The molecule has 15 heteroatoms. The Labute approximate surface area is 270 Å². The average molecular weight is 667 g/mol. The number of hydrogen-bond acceptors (Lipinski definition) is 11. The smallest absolute Gasteiger partial charge is 0.252 e. The first-order valence-electron chi connectivity index (χ1n) is 14.1. The van der Waals surface area contributed by atoms with Gasteiger partial charge >= 0.3 is 0 Å². The number of benzene rings is 1. The van der Waals surface area contributed by atoms with Crippen molar-refractivity contribution in [1.29, 1.82) is 5.41 Å². The Balaban J connectivity index is 1.65. The Hall–Kier alpha value is -2.82. The van der Waals surface area contributed by atoms with Crippen LogP contribution < -0.4 is 21.9 Å². The highest BCUT2D eigenvalue weighted by molar-refractivity contribution is 8.26. The van der Waals surface area contributed by atoms with Crippen LogP contribution in [-0.4, -0.2) is 80.7 Å². The molecule has 2 amide bonds. The third-order valence-corrected chi connectivity index (χ3v) is 8.59. The van der Waals surface area contributed by atoms with Crippen molar-refractivity contribution >= 4 is 62.5 Å². The molecule has 9 N–H and O–H groups in total. The molecule has 242 valence electrons.